The van der Waals surface area contributed by atoms with Crippen LogP contribution in [0.25, 0.3) is 0 Å². The van der Waals surface area contributed by atoms with Crippen molar-refractivity contribution >= 4 is 46.7 Å². The number of benzene rings is 1. The molecule has 0 atom stereocenters. The smallest absolute Gasteiger partial charge is 0.324 e. The van der Waals surface area contributed by atoms with E-state index in [0.717, 1.165) is 4.90 Å². The summed E-state index contributed by atoms with van der Waals surface area (Å²) in [7, 11) is 1.61. The highest BCUT2D eigenvalue weighted by atomic mass is 35.5. The van der Waals surface area contributed by atoms with Crippen molar-refractivity contribution in [1.29, 1.82) is 0 Å². The van der Waals surface area contributed by atoms with Crippen LogP contribution in [0.1, 0.15) is 0 Å². The van der Waals surface area contributed by atoms with Crippen molar-refractivity contribution in [3.05, 3.63) is 28.2 Å². The van der Waals surface area contributed by atoms with Gasteiger partial charge in [0.2, 0.25) is 11.8 Å². The van der Waals surface area contributed by atoms with Gasteiger partial charge in [0.05, 0.1) is 28.8 Å². The zero-order chi connectivity index (χ0) is 17.0. The molecule has 2 rings (SSSR count). The standard InChI is InChI=1S/C14H16Cl2N4O3/c1-19(8-12(22)20-6-5-17-14(20)23)7-11(21)18-13-9(15)3-2-4-10(13)16/h2-4H,5-8H2,1H3,(H,17,23)(H,18,21). The summed E-state index contributed by atoms with van der Waals surface area (Å²) in [5.41, 5.74) is 0.333. The molecule has 1 aliphatic rings. The number of likely N-dealkylation sites (N-methyl/N-ethyl adjacent to an activating group) is 1. The first-order chi connectivity index (χ1) is 10.9. The van der Waals surface area contributed by atoms with E-state index >= 15 is 0 Å². The molecule has 1 aromatic carbocycles. The third kappa shape index (κ3) is 4.57. The molecular weight excluding hydrogens is 343 g/mol. The average Bonchev–Trinajstić information content (AvgIpc) is 2.89. The van der Waals surface area contributed by atoms with Crippen LogP contribution in [0, 0.1) is 0 Å². The maximum atomic E-state index is 12.0. The van der Waals surface area contributed by atoms with Crippen LogP contribution in [0.4, 0.5) is 10.5 Å². The SMILES string of the molecule is CN(CC(=O)Nc1c(Cl)cccc1Cl)CC(=O)N1CCNC1=O. The minimum Gasteiger partial charge on any atom is -0.336 e. The number of imide groups is 1. The van der Waals surface area contributed by atoms with Crippen LogP contribution in [0.5, 0.6) is 0 Å². The van der Waals surface area contributed by atoms with E-state index < -0.39 is 6.03 Å². The number of anilines is 1. The Hall–Kier alpha value is -1.83. The maximum Gasteiger partial charge on any atom is 0.324 e. The number of nitrogens with one attached hydrogen (secondary N) is 2. The molecule has 23 heavy (non-hydrogen) atoms. The molecule has 4 amide bonds. The first-order valence-corrected chi connectivity index (χ1v) is 7.64. The molecule has 0 radical (unpaired) electrons. The van der Waals surface area contributed by atoms with Crippen molar-refractivity contribution in [2.75, 3.05) is 38.5 Å². The second-order valence-electron chi connectivity index (χ2n) is 5.09. The predicted molar refractivity (Wildman–Crippen MR) is 87.7 cm³/mol. The van der Waals surface area contributed by atoms with Crippen LogP contribution in [0.3, 0.4) is 0 Å². The number of urea groups is 1. The first-order valence-electron chi connectivity index (χ1n) is 6.89. The minimum absolute atomic E-state index is 0.0389. The molecule has 1 saturated heterocycles. The first kappa shape index (κ1) is 17.5. The molecule has 7 nitrogen and oxygen atoms in total. The van der Waals surface area contributed by atoms with E-state index in [1.807, 2.05) is 0 Å². The fourth-order valence-electron chi connectivity index (χ4n) is 2.12. The fourth-order valence-corrected chi connectivity index (χ4v) is 2.62. The lowest BCUT2D eigenvalue weighted by molar-refractivity contribution is -0.128. The van der Waals surface area contributed by atoms with Gasteiger partial charge in [-0.05, 0) is 19.2 Å². The van der Waals surface area contributed by atoms with Crippen LogP contribution in [-0.4, -0.2) is 60.9 Å². The van der Waals surface area contributed by atoms with Crippen molar-refractivity contribution < 1.29 is 14.4 Å². The summed E-state index contributed by atoms with van der Waals surface area (Å²) >= 11 is 12.0. The van der Waals surface area contributed by atoms with Gasteiger partial charge in [-0.1, -0.05) is 29.3 Å². The second-order valence-corrected chi connectivity index (χ2v) is 5.91. The molecule has 2 N–H and O–H groups in total. The van der Waals surface area contributed by atoms with Crippen molar-refractivity contribution in [3.63, 3.8) is 0 Å². The molecule has 0 unspecified atom stereocenters. The summed E-state index contributed by atoms with van der Waals surface area (Å²) in [5.74, 6) is -0.716. The molecule has 0 aliphatic carbocycles. The Morgan fingerprint density at radius 1 is 1.30 bits per heavy atom. The van der Waals surface area contributed by atoms with Crippen molar-refractivity contribution in [2.45, 2.75) is 0 Å². The molecule has 0 spiro atoms. The van der Waals surface area contributed by atoms with Crippen LogP contribution < -0.4 is 10.6 Å². The van der Waals surface area contributed by atoms with Gasteiger partial charge in [0, 0.05) is 13.1 Å². The number of carbonyl (C=O) groups excluding carboxylic acids is 3. The minimum atomic E-state index is -0.407. The van der Waals surface area contributed by atoms with Crippen molar-refractivity contribution in [1.82, 2.24) is 15.1 Å². The topological polar surface area (TPSA) is 81.8 Å². The number of hydrogen-bond donors (Lipinski definition) is 2. The molecule has 1 fully saturated rings. The van der Waals surface area contributed by atoms with Gasteiger partial charge >= 0.3 is 6.03 Å². The van der Waals surface area contributed by atoms with Gasteiger partial charge in [-0.15, -0.1) is 0 Å². The number of para-hydroxylation sites is 1. The number of hydrogen-bond acceptors (Lipinski definition) is 4. The number of nitrogens with zero attached hydrogens (tertiary/aromatic N) is 2. The van der Waals surface area contributed by atoms with E-state index in [0.29, 0.717) is 28.8 Å². The summed E-state index contributed by atoms with van der Waals surface area (Å²) in [6, 6.07) is 4.49. The highest BCUT2D eigenvalue weighted by Crippen LogP contribution is 2.29. The Morgan fingerprint density at radius 2 is 1.96 bits per heavy atom. The van der Waals surface area contributed by atoms with Crippen LogP contribution >= 0.6 is 23.2 Å². The molecule has 1 aliphatic heterocycles. The Morgan fingerprint density at radius 3 is 2.52 bits per heavy atom. The summed E-state index contributed by atoms with van der Waals surface area (Å²) in [5, 5.41) is 5.82. The fraction of sp³-hybridized carbons (Fsp3) is 0.357. The van der Waals surface area contributed by atoms with Gasteiger partial charge in [0.15, 0.2) is 0 Å². The van der Waals surface area contributed by atoms with Crippen LogP contribution in [0.15, 0.2) is 18.2 Å². The Balaban J connectivity index is 1.87. The largest absolute Gasteiger partial charge is 0.336 e. The molecule has 0 aromatic heterocycles. The van der Waals surface area contributed by atoms with E-state index in [4.69, 9.17) is 23.2 Å². The van der Waals surface area contributed by atoms with Crippen LogP contribution in [0.2, 0.25) is 10.0 Å². The van der Waals surface area contributed by atoms with Gasteiger partial charge in [-0.25, -0.2) is 4.79 Å². The molecule has 0 saturated carbocycles. The van der Waals surface area contributed by atoms with E-state index in [9.17, 15) is 14.4 Å². The summed E-state index contributed by atoms with van der Waals surface area (Å²) in [6.45, 7) is 0.701. The maximum absolute atomic E-state index is 12.0. The second kappa shape index (κ2) is 7.63. The lowest BCUT2D eigenvalue weighted by atomic mass is 10.3. The molecule has 9 heteroatoms. The molecule has 1 heterocycles. The monoisotopic (exact) mass is 358 g/mol. The molecule has 0 bridgehead atoms. The number of carbonyl (C=O) groups is 3. The number of amides is 4. The van der Waals surface area contributed by atoms with Gasteiger partial charge in [-0.3, -0.25) is 19.4 Å². The summed E-state index contributed by atoms with van der Waals surface area (Å²) < 4.78 is 0. The Kier molecular flexibility index (Phi) is 5.81. The number of rotatable bonds is 5. The van der Waals surface area contributed by atoms with Gasteiger partial charge in [0.25, 0.3) is 0 Å². The zero-order valence-electron chi connectivity index (χ0n) is 12.4. The summed E-state index contributed by atoms with van der Waals surface area (Å²) in [6.07, 6.45) is 0. The van der Waals surface area contributed by atoms with Gasteiger partial charge in [0.1, 0.15) is 0 Å². The van der Waals surface area contributed by atoms with E-state index in [1.165, 1.54) is 4.90 Å². The van der Waals surface area contributed by atoms with Gasteiger partial charge < -0.3 is 10.6 Å². The highest BCUT2D eigenvalue weighted by molar-refractivity contribution is 6.39. The van der Waals surface area contributed by atoms with Gasteiger partial charge in [-0.2, -0.15) is 0 Å². The number of halogens is 2. The molecule has 124 valence electrons. The normalized spacial score (nSPS) is 14.1. The average molecular weight is 359 g/mol. The molecular formula is C14H16Cl2N4O3. The quantitative estimate of drug-likeness (QED) is 0.833. The Labute approximate surface area is 143 Å². The highest BCUT2D eigenvalue weighted by Gasteiger charge is 2.26. The third-order valence-electron chi connectivity index (χ3n) is 3.20. The van der Waals surface area contributed by atoms with E-state index in [1.54, 1.807) is 25.2 Å². The lowest BCUT2D eigenvalue weighted by Crippen LogP contribution is -2.42. The lowest BCUT2D eigenvalue weighted by Gasteiger charge is -2.19. The zero-order valence-corrected chi connectivity index (χ0v) is 13.9. The summed E-state index contributed by atoms with van der Waals surface area (Å²) in [4.78, 5) is 38.0. The van der Waals surface area contributed by atoms with Crippen molar-refractivity contribution in [3.8, 4) is 0 Å². The Bertz CT molecular complexity index is 618. The van der Waals surface area contributed by atoms with E-state index in [2.05, 4.69) is 10.6 Å². The van der Waals surface area contributed by atoms with E-state index in [-0.39, 0.29) is 24.9 Å². The third-order valence-corrected chi connectivity index (χ3v) is 3.83. The predicted octanol–water partition coefficient (Wildman–Crippen LogP) is 1.42. The van der Waals surface area contributed by atoms with Crippen molar-refractivity contribution in [2.24, 2.45) is 0 Å². The van der Waals surface area contributed by atoms with Crippen LogP contribution in [-0.2, 0) is 9.59 Å². The molecule has 1 aromatic rings.